The van der Waals surface area contributed by atoms with Gasteiger partial charge in [0.15, 0.2) is 0 Å². The largest absolute Gasteiger partial charge is 0.466 e. The molecule has 0 aliphatic heterocycles. The molecule has 2 aromatic carbocycles. The summed E-state index contributed by atoms with van der Waals surface area (Å²) in [5, 5.41) is 0.472. The van der Waals surface area contributed by atoms with Gasteiger partial charge in [0.2, 0.25) is 10.0 Å². The third-order valence-electron chi connectivity index (χ3n) is 3.63. The monoisotopic (exact) mass is 459 g/mol. The summed E-state index contributed by atoms with van der Waals surface area (Å²) in [5.74, 6) is -0.442. The molecule has 0 atom stereocenters. The Morgan fingerprint density at radius 3 is 2.42 bits per heavy atom. The number of hydrogen-bond acceptors (Lipinski definition) is 4. The summed E-state index contributed by atoms with van der Waals surface area (Å²) in [4.78, 5) is 11.8. The Kier molecular flexibility index (Phi) is 7.64. The predicted octanol–water partition coefficient (Wildman–Crippen LogP) is 4.25. The van der Waals surface area contributed by atoms with Gasteiger partial charge in [0.25, 0.3) is 0 Å². The Hall–Kier alpha value is -1.41. The highest BCUT2D eigenvalue weighted by Gasteiger charge is 2.26. The van der Waals surface area contributed by atoms with Gasteiger partial charge in [0.1, 0.15) is 0 Å². The molecule has 26 heavy (non-hydrogen) atoms. The molecule has 140 valence electrons. The highest BCUT2D eigenvalue weighted by atomic mass is 79.9. The van der Waals surface area contributed by atoms with Crippen LogP contribution < -0.4 is 0 Å². The Balaban J connectivity index is 2.30. The summed E-state index contributed by atoms with van der Waals surface area (Å²) >= 11 is 9.47. The van der Waals surface area contributed by atoms with Crippen molar-refractivity contribution in [1.82, 2.24) is 4.31 Å². The van der Waals surface area contributed by atoms with Gasteiger partial charge in [-0.3, -0.25) is 4.79 Å². The van der Waals surface area contributed by atoms with Gasteiger partial charge in [0.05, 0.1) is 17.9 Å². The molecular formula is C18H19BrClNO4S. The van der Waals surface area contributed by atoms with Crippen LogP contribution in [0.5, 0.6) is 0 Å². The van der Waals surface area contributed by atoms with E-state index in [-0.39, 0.29) is 31.0 Å². The van der Waals surface area contributed by atoms with Gasteiger partial charge in [-0.2, -0.15) is 4.31 Å². The van der Waals surface area contributed by atoms with Gasteiger partial charge >= 0.3 is 5.97 Å². The second-order valence-corrected chi connectivity index (χ2v) is 8.70. The predicted molar refractivity (Wildman–Crippen MR) is 104 cm³/mol. The molecule has 2 aromatic rings. The summed E-state index contributed by atoms with van der Waals surface area (Å²) in [6.45, 7) is 2.03. The van der Waals surface area contributed by atoms with E-state index in [0.717, 1.165) is 4.47 Å². The van der Waals surface area contributed by atoms with Gasteiger partial charge < -0.3 is 4.74 Å². The van der Waals surface area contributed by atoms with Gasteiger partial charge in [-0.25, -0.2) is 8.42 Å². The first-order valence-electron chi connectivity index (χ1n) is 7.99. The van der Waals surface area contributed by atoms with E-state index in [1.807, 2.05) is 0 Å². The maximum absolute atomic E-state index is 13.0. The molecule has 0 saturated heterocycles. The zero-order valence-electron chi connectivity index (χ0n) is 14.2. The quantitative estimate of drug-likeness (QED) is 0.553. The molecule has 0 bridgehead atoms. The fourth-order valence-electron chi connectivity index (χ4n) is 2.31. The van der Waals surface area contributed by atoms with Crippen LogP contribution in [-0.2, 0) is 26.1 Å². The fourth-order valence-corrected chi connectivity index (χ4v) is 4.18. The second kappa shape index (κ2) is 9.50. The third kappa shape index (κ3) is 5.54. The molecular weight excluding hydrogens is 442 g/mol. The second-order valence-electron chi connectivity index (χ2n) is 5.44. The highest BCUT2D eigenvalue weighted by molar-refractivity contribution is 9.10. The Morgan fingerprint density at radius 1 is 1.15 bits per heavy atom. The van der Waals surface area contributed by atoms with Crippen LogP contribution in [0.3, 0.4) is 0 Å². The summed E-state index contributed by atoms with van der Waals surface area (Å²) in [7, 11) is -3.80. The van der Waals surface area contributed by atoms with Crippen LogP contribution in [0.25, 0.3) is 0 Å². The van der Waals surface area contributed by atoms with E-state index in [9.17, 15) is 13.2 Å². The molecule has 5 nitrogen and oxygen atoms in total. The molecule has 0 heterocycles. The molecule has 0 unspecified atom stereocenters. The third-order valence-corrected chi connectivity index (χ3v) is 6.38. The fraction of sp³-hybridized carbons (Fsp3) is 0.278. The van der Waals surface area contributed by atoms with E-state index in [1.54, 1.807) is 43.3 Å². The van der Waals surface area contributed by atoms with Crippen LogP contribution in [0.4, 0.5) is 0 Å². The SMILES string of the molecule is CCOC(=O)CCN(Cc1ccccc1Cl)S(=O)(=O)c1ccc(Br)cc1. The van der Waals surface area contributed by atoms with Crippen LogP contribution >= 0.6 is 27.5 Å². The number of carbonyl (C=O) groups is 1. The Labute approximate surface area is 167 Å². The highest BCUT2D eigenvalue weighted by Crippen LogP contribution is 2.24. The van der Waals surface area contributed by atoms with E-state index >= 15 is 0 Å². The van der Waals surface area contributed by atoms with Crippen LogP contribution in [0.2, 0.25) is 5.02 Å². The van der Waals surface area contributed by atoms with Crippen LogP contribution in [-0.4, -0.2) is 31.8 Å². The zero-order valence-corrected chi connectivity index (χ0v) is 17.4. The van der Waals surface area contributed by atoms with Crippen molar-refractivity contribution in [1.29, 1.82) is 0 Å². The molecule has 0 radical (unpaired) electrons. The number of rotatable bonds is 8. The Morgan fingerprint density at radius 2 is 1.81 bits per heavy atom. The summed E-state index contributed by atoms with van der Waals surface area (Å²) in [6, 6.07) is 13.4. The lowest BCUT2D eigenvalue weighted by atomic mass is 10.2. The topological polar surface area (TPSA) is 63.7 Å². The smallest absolute Gasteiger partial charge is 0.307 e. The first-order chi connectivity index (χ1) is 12.3. The van der Waals surface area contributed by atoms with E-state index in [0.29, 0.717) is 10.6 Å². The number of nitrogens with zero attached hydrogens (tertiary/aromatic N) is 1. The molecule has 0 aliphatic carbocycles. The molecule has 8 heteroatoms. The molecule has 0 spiro atoms. The van der Waals surface area contributed by atoms with Crippen LogP contribution in [0.1, 0.15) is 18.9 Å². The van der Waals surface area contributed by atoms with Crippen molar-refractivity contribution in [3.05, 3.63) is 63.6 Å². The molecule has 2 rings (SSSR count). The van der Waals surface area contributed by atoms with Crippen LogP contribution in [0.15, 0.2) is 57.9 Å². The number of halogens is 2. The van der Waals surface area contributed by atoms with Crippen molar-refractivity contribution >= 4 is 43.5 Å². The molecule has 0 aromatic heterocycles. The van der Waals surface area contributed by atoms with Crippen molar-refractivity contribution in [2.75, 3.05) is 13.2 Å². The lowest BCUT2D eigenvalue weighted by Gasteiger charge is -2.22. The Bertz CT molecular complexity index is 856. The van der Waals surface area contributed by atoms with Crippen molar-refractivity contribution < 1.29 is 17.9 Å². The lowest BCUT2D eigenvalue weighted by Crippen LogP contribution is -2.33. The van der Waals surface area contributed by atoms with E-state index in [1.165, 1.54) is 16.4 Å². The van der Waals surface area contributed by atoms with Gasteiger partial charge in [0, 0.05) is 22.6 Å². The minimum atomic E-state index is -3.80. The number of ether oxygens (including phenoxy) is 1. The van der Waals surface area contributed by atoms with Gasteiger partial charge in [-0.05, 0) is 42.8 Å². The van der Waals surface area contributed by atoms with E-state index in [4.69, 9.17) is 16.3 Å². The minimum Gasteiger partial charge on any atom is -0.466 e. The number of esters is 1. The minimum absolute atomic E-state index is 0.00243. The summed E-state index contributed by atoms with van der Waals surface area (Å²) in [5.41, 5.74) is 0.665. The van der Waals surface area contributed by atoms with Crippen molar-refractivity contribution in [2.45, 2.75) is 24.8 Å². The van der Waals surface area contributed by atoms with E-state index < -0.39 is 16.0 Å². The van der Waals surface area contributed by atoms with Crippen molar-refractivity contribution in [2.24, 2.45) is 0 Å². The van der Waals surface area contributed by atoms with Crippen LogP contribution in [0, 0.1) is 0 Å². The standard InChI is InChI=1S/C18H19BrClNO4S/c1-2-25-18(22)11-12-21(13-14-5-3-4-6-17(14)20)26(23,24)16-9-7-15(19)8-10-16/h3-10H,2,11-13H2,1H3. The zero-order chi connectivity index (χ0) is 19.2. The number of hydrogen-bond donors (Lipinski definition) is 0. The first kappa shape index (κ1) is 20.9. The molecule has 0 amide bonds. The maximum Gasteiger partial charge on any atom is 0.307 e. The van der Waals surface area contributed by atoms with E-state index in [2.05, 4.69) is 15.9 Å². The molecule has 0 fully saturated rings. The number of sulfonamides is 1. The van der Waals surface area contributed by atoms with Crippen molar-refractivity contribution in [3.63, 3.8) is 0 Å². The van der Waals surface area contributed by atoms with Crippen molar-refractivity contribution in [3.8, 4) is 0 Å². The average molecular weight is 461 g/mol. The molecule has 0 N–H and O–H groups in total. The number of benzene rings is 2. The number of carbonyl (C=O) groups excluding carboxylic acids is 1. The maximum atomic E-state index is 13.0. The summed E-state index contributed by atoms with van der Waals surface area (Å²) in [6.07, 6.45) is -0.0337. The lowest BCUT2D eigenvalue weighted by molar-refractivity contribution is -0.143. The normalized spacial score (nSPS) is 11.5. The molecule has 0 saturated carbocycles. The summed E-state index contributed by atoms with van der Waals surface area (Å²) < 4.78 is 33.0. The average Bonchev–Trinajstić information content (AvgIpc) is 2.60. The van der Waals surface area contributed by atoms with Gasteiger partial charge in [-0.15, -0.1) is 0 Å². The molecule has 0 aliphatic rings. The first-order valence-corrected chi connectivity index (χ1v) is 10.6. The van der Waals surface area contributed by atoms with Gasteiger partial charge in [-0.1, -0.05) is 45.7 Å².